The molecule has 1 rings (SSSR count). The van der Waals surface area contributed by atoms with Crippen molar-refractivity contribution >= 4 is 5.97 Å². The Labute approximate surface area is 114 Å². The van der Waals surface area contributed by atoms with E-state index in [1.165, 1.54) is 5.56 Å². The molecule has 0 aliphatic rings. The smallest absolute Gasteiger partial charge is 0.306 e. The molecule has 0 saturated carbocycles. The number of rotatable bonds is 8. The zero-order valence-corrected chi connectivity index (χ0v) is 11.6. The highest BCUT2D eigenvalue weighted by Gasteiger charge is 2.08. The second-order valence-corrected chi connectivity index (χ2v) is 5.30. The summed E-state index contributed by atoms with van der Waals surface area (Å²) in [4.78, 5) is 10.4. The van der Waals surface area contributed by atoms with Gasteiger partial charge in [-0.25, -0.2) is 0 Å². The maximum absolute atomic E-state index is 10.4. The van der Waals surface area contributed by atoms with E-state index in [0.29, 0.717) is 19.0 Å². The topological polar surface area (TPSA) is 69.6 Å². The van der Waals surface area contributed by atoms with E-state index in [9.17, 15) is 9.90 Å². The molecule has 0 saturated heterocycles. The van der Waals surface area contributed by atoms with Gasteiger partial charge in [0.1, 0.15) is 0 Å². The van der Waals surface area contributed by atoms with E-state index in [1.807, 2.05) is 0 Å². The molecule has 0 fully saturated rings. The second-order valence-electron chi connectivity index (χ2n) is 5.30. The summed E-state index contributed by atoms with van der Waals surface area (Å²) in [6.07, 6.45) is 0.0171. The van der Waals surface area contributed by atoms with Gasteiger partial charge in [0.05, 0.1) is 12.5 Å². The number of aliphatic hydroxyl groups excluding tert-OH is 1. The number of hydrogen-bond donors (Lipinski definition) is 3. The standard InChI is InChI=1S/C15H23NO3/c1-11(2)7-12-3-5-13(6-4-12)9-16-10-14(17)8-15(18)19/h3-6,11,14,16-17H,7-10H2,1-2H3,(H,18,19). The van der Waals surface area contributed by atoms with Gasteiger partial charge in [-0.15, -0.1) is 0 Å². The van der Waals surface area contributed by atoms with Crippen molar-refractivity contribution in [3.8, 4) is 0 Å². The van der Waals surface area contributed by atoms with Crippen LogP contribution in [0.1, 0.15) is 31.4 Å². The number of nitrogens with one attached hydrogen (secondary N) is 1. The molecule has 106 valence electrons. The number of carboxylic acid groups (broad SMARTS) is 1. The van der Waals surface area contributed by atoms with E-state index in [-0.39, 0.29) is 6.42 Å². The predicted molar refractivity (Wildman–Crippen MR) is 75.0 cm³/mol. The SMILES string of the molecule is CC(C)Cc1ccc(CNCC(O)CC(=O)O)cc1. The van der Waals surface area contributed by atoms with Gasteiger partial charge in [0.2, 0.25) is 0 Å². The fourth-order valence-electron chi connectivity index (χ4n) is 1.92. The number of carbonyl (C=O) groups is 1. The molecular weight excluding hydrogens is 242 g/mol. The Morgan fingerprint density at radius 3 is 2.32 bits per heavy atom. The van der Waals surface area contributed by atoms with Crippen molar-refractivity contribution in [1.29, 1.82) is 0 Å². The maximum Gasteiger partial charge on any atom is 0.306 e. The summed E-state index contributed by atoms with van der Waals surface area (Å²) in [6, 6.07) is 8.36. The molecule has 0 bridgehead atoms. The summed E-state index contributed by atoms with van der Waals surface area (Å²) >= 11 is 0. The minimum absolute atomic E-state index is 0.222. The third-order valence-corrected chi connectivity index (χ3v) is 2.79. The normalized spacial score (nSPS) is 12.6. The van der Waals surface area contributed by atoms with Crippen LogP contribution in [0.5, 0.6) is 0 Å². The number of carboxylic acids is 1. The number of aliphatic hydroxyl groups is 1. The van der Waals surface area contributed by atoms with Crippen LogP contribution in [0, 0.1) is 5.92 Å². The third-order valence-electron chi connectivity index (χ3n) is 2.79. The van der Waals surface area contributed by atoms with Gasteiger partial charge in [-0.1, -0.05) is 38.1 Å². The van der Waals surface area contributed by atoms with Crippen molar-refractivity contribution < 1.29 is 15.0 Å². The van der Waals surface area contributed by atoms with Crippen LogP contribution >= 0.6 is 0 Å². The van der Waals surface area contributed by atoms with Crippen LogP contribution in [-0.4, -0.2) is 28.8 Å². The molecule has 0 aliphatic carbocycles. The van der Waals surface area contributed by atoms with Crippen LogP contribution in [0.3, 0.4) is 0 Å². The minimum atomic E-state index is -0.979. The molecule has 0 heterocycles. The molecule has 1 aromatic rings. The molecule has 3 N–H and O–H groups in total. The monoisotopic (exact) mass is 265 g/mol. The molecule has 0 aromatic heterocycles. The van der Waals surface area contributed by atoms with Gasteiger partial charge in [0.25, 0.3) is 0 Å². The fraction of sp³-hybridized carbons (Fsp3) is 0.533. The van der Waals surface area contributed by atoms with Gasteiger partial charge >= 0.3 is 5.97 Å². The van der Waals surface area contributed by atoms with Gasteiger partial charge < -0.3 is 15.5 Å². The second kappa shape index (κ2) is 7.92. The van der Waals surface area contributed by atoms with Crippen LogP contribution < -0.4 is 5.32 Å². The maximum atomic E-state index is 10.4. The Balaban J connectivity index is 2.31. The van der Waals surface area contributed by atoms with Crippen molar-refractivity contribution in [1.82, 2.24) is 5.32 Å². The Morgan fingerprint density at radius 1 is 1.21 bits per heavy atom. The van der Waals surface area contributed by atoms with E-state index < -0.39 is 12.1 Å². The number of hydrogen-bond acceptors (Lipinski definition) is 3. The molecule has 0 radical (unpaired) electrons. The summed E-state index contributed by atoms with van der Waals surface area (Å²) in [7, 11) is 0. The van der Waals surface area contributed by atoms with Crippen molar-refractivity contribution in [2.24, 2.45) is 5.92 Å². The number of benzene rings is 1. The fourth-order valence-corrected chi connectivity index (χ4v) is 1.92. The van der Waals surface area contributed by atoms with Crippen molar-refractivity contribution in [2.75, 3.05) is 6.54 Å². The molecule has 1 aromatic carbocycles. The zero-order valence-electron chi connectivity index (χ0n) is 11.6. The average Bonchev–Trinajstić information content (AvgIpc) is 2.29. The zero-order chi connectivity index (χ0) is 14.3. The van der Waals surface area contributed by atoms with Crippen molar-refractivity contribution in [2.45, 2.75) is 39.3 Å². The number of aliphatic carboxylic acids is 1. The largest absolute Gasteiger partial charge is 0.481 e. The average molecular weight is 265 g/mol. The van der Waals surface area contributed by atoms with Crippen LogP contribution in [0.25, 0.3) is 0 Å². The highest BCUT2D eigenvalue weighted by Crippen LogP contribution is 2.09. The Hall–Kier alpha value is -1.39. The lowest BCUT2D eigenvalue weighted by Crippen LogP contribution is -2.28. The highest BCUT2D eigenvalue weighted by atomic mass is 16.4. The summed E-state index contributed by atoms with van der Waals surface area (Å²) in [5, 5.41) is 21.0. The first-order valence-electron chi connectivity index (χ1n) is 6.65. The Bertz CT molecular complexity index is 387. The third kappa shape index (κ3) is 6.94. The summed E-state index contributed by atoms with van der Waals surface area (Å²) in [5.74, 6) is -0.331. The lowest BCUT2D eigenvalue weighted by molar-refractivity contribution is -0.139. The van der Waals surface area contributed by atoms with E-state index in [1.54, 1.807) is 0 Å². The van der Waals surface area contributed by atoms with Crippen LogP contribution in [0.2, 0.25) is 0 Å². The molecule has 0 amide bonds. The summed E-state index contributed by atoms with van der Waals surface area (Å²) < 4.78 is 0. The predicted octanol–water partition coefficient (Wildman–Crippen LogP) is 1.81. The lowest BCUT2D eigenvalue weighted by Gasteiger charge is -2.10. The van der Waals surface area contributed by atoms with Gasteiger partial charge in [0.15, 0.2) is 0 Å². The lowest BCUT2D eigenvalue weighted by atomic mass is 10.0. The Kier molecular flexibility index (Phi) is 6.53. The first-order valence-corrected chi connectivity index (χ1v) is 6.65. The molecule has 0 aliphatic heterocycles. The first kappa shape index (κ1) is 15.7. The quantitative estimate of drug-likeness (QED) is 0.670. The molecule has 19 heavy (non-hydrogen) atoms. The minimum Gasteiger partial charge on any atom is -0.481 e. The molecule has 0 spiro atoms. The highest BCUT2D eigenvalue weighted by molar-refractivity contribution is 5.67. The molecule has 4 nitrogen and oxygen atoms in total. The van der Waals surface area contributed by atoms with Crippen LogP contribution in [0.4, 0.5) is 0 Å². The van der Waals surface area contributed by atoms with E-state index in [0.717, 1.165) is 12.0 Å². The Morgan fingerprint density at radius 2 is 1.79 bits per heavy atom. The van der Waals surface area contributed by atoms with Gasteiger partial charge in [-0.2, -0.15) is 0 Å². The molecule has 4 heteroatoms. The van der Waals surface area contributed by atoms with Gasteiger partial charge in [-0.3, -0.25) is 4.79 Å². The van der Waals surface area contributed by atoms with E-state index >= 15 is 0 Å². The van der Waals surface area contributed by atoms with Crippen molar-refractivity contribution in [3.05, 3.63) is 35.4 Å². The van der Waals surface area contributed by atoms with E-state index in [2.05, 4.69) is 43.4 Å². The summed E-state index contributed by atoms with van der Waals surface area (Å²) in [5.41, 5.74) is 2.46. The van der Waals surface area contributed by atoms with Crippen LogP contribution in [-0.2, 0) is 17.8 Å². The van der Waals surface area contributed by atoms with Crippen molar-refractivity contribution in [3.63, 3.8) is 0 Å². The van der Waals surface area contributed by atoms with Gasteiger partial charge in [-0.05, 0) is 23.5 Å². The van der Waals surface area contributed by atoms with Gasteiger partial charge in [0, 0.05) is 13.1 Å². The first-order chi connectivity index (χ1) is 8.97. The molecule has 1 unspecified atom stereocenters. The van der Waals surface area contributed by atoms with E-state index in [4.69, 9.17) is 5.11 Å². The summed E-state index contributed by atoms with van der Waals surface area (Å²) in [6.45, 7) is 5.32. The molecule has 1 atom stereocenters. The van der Waals surface area contributed by atoms with Crippen LogP contribution in [0.15, 0.2) is 24.3 Å². The molecular formula is C15H23NO3.